The summed E-state index contributed by atoms with van der Waals surface area (Å²) in [5.74, 6) is 0.0940. The van der Waals surface area contributed by atoms with Gasteiger partial charge in [-0.05, 0) is 24.5 Å². The molecule has 3 heteroatoms. The Hall–Kier alpha value is -1.35. The lowest BCUT2D eigenvalue weighted by molar-refractivity contribution is -0.116. The van der Waals surface area contributed by atoms with Gasteiger partial charge in [0.05, 0.1) is 0 Å². The van der Waals surface area contributed by atoms with E-state index in [0.717, 1.165) is 30.6 Å². The number of nitrogens with two attached hydrogens (primary N) is 1. The van der Waals surface area contributed by atoms with Gasteiger partial charge in [-0.2, -0.15) is 0 Å². The van der Waals surface area contributed by atoms with E-state index in [-0.39, 0.29) is 11.9 Å². The Bertz CT molecular complexity index is 376. The van der Waals surface area contributed by atoms with Gasteiger partial charge in [-0.25, -0.2) is 0 Å². The van der Waals surface area contributed by atoms with E-state index < -0.39 is 0 Å². The van der Waals surface area contributed by atoms with Crippen molar-refractivity contribution in [2.24, 2.45) is 5.73 Å². The molecule has 1 aromatic carbocycles. The van der Waals surface area contributed by atoms with Crippen LogP contribution in [0.3, 0.4) is 0 Å². The number of amides is 1. The Morgan fingerprint density at radius 1 is 1.47 bits per heavy atom. The highest BCUT2D eigenvalue weighted by Gasteiger charge is 2.21. The highest BCUT2D eigenvalue weighted by molar-refractivity contribution is 5.92. The fourth-order valence-corrected chi connectivity index (χ4v) is 2.12. The van der Waals surface area contributed by atoms with Crippen LogP contribution in [0.2, 0.25) is 0 Å². The molecule has 80 valence electrons. The summed E-state index contributed by atoms with van der Waals surface area (Å²) in [7, 11) is 0. The minimum Gasteiger partial charge on any atom is -0.324 e. The largest absolute Gasteiger partial charge is 0.324 e. The number of carbonyl (C=O) groups excluding carboxylic acids is 1. The number of carbonyl (C=O) groups is 1. The SMILES string of the molecule is CC(=O)N1CCCC(N)c2ccccc21. The fourth-order valence-electron chi connectivity index (χ4n) is 2.12. The molecule has 0 saturated heterocycles. The van der Waals surface area contributed by atoms with Crippen molar-refractivity contribution in [1.29, 1.82) is 0 Å². The number of hydrogen-bond acceptors (Lipinski definition) is 2. The number of nitrogens with zero attached hydrogens (tertiary/aromatic N) is 1. The van der Waals surface area contributed by atoms with Gasteiger partial charge < -0.3 is 10.6 Å². The van der Waals surface area contributed by atoms with Crippen molar-refractivity contribution in [2.75, 3.05) is 11.4 Å². The van der Waals surface area contributed by atoms with E-state index >= 15 is 0 Å². The van der Waals surface area contributed by atoms with E-state index in [1.165, 1.54) is 0 Å². The normalized spacial score (nSPS) is 20.7. The van der Waals surface area contributed by atoms with Crippen LogP contribution in [-0.4, -0.2) is 12.5 Å². The Balaban J connectivity index is 2.47. The van der Waals surface area contributed by atoms with Crippen molar-refractivity contribution >= 4 is 11.6 Å². The minimum absolute atomic E-state index is 0.0607. The van der Waals surface area contributed by atoms with E-state index in [1.54, 1.807) is 6.92 Å². The molecular formula is C12H16N2O. The predicted molar refractivity (Wildman–Crippen MR) is 60.6 cm³/mol. The third kappa shape index (κ3) is 1.88. The summed E-state index contributed by atoms with van der Waals surface area (Å²) in [5.41, 5.74) is 8.14. The minimum atomic E-state index is 0.0607. The van der Waals surface area contributed by atoms with Gasteiger partial charge in [0.25, 0.3) is 0 Å². The maximum atomic E-state index is 11.5. The molecule has 0 aliphatic carbocycles. The number of hydrogen-bond donors (Lipinski definition) is 1. The van der Waals surface area contributed by atoms with Gasteiger partial charge in [0, 0.05) is 25.2 Å². The maximum Gasteiger partial charge on any atom is 0.223 e. The number of rotatable bonds is 0. The molecule has 1 unspecified atom stereocenters. The van der Waals surface area contributed by atoms with Crippen LogP contribution in [0.5, 0.6) is 0 Å². The van der Waals surface area contributed by atoms with Crippen LogP contribution in [-0.2, 0) is 4.79 Å². The van der Waals surface area contributed by atoms with Gasteiger partial charge in [0.2, 0.25) is 5.91 Å². The van der Waals surface area contributed by atoms with Crippen molar-refractivity contribution in [3.05, 3.63) is 29.8 Å². The molecule has 2 rings (SSSR count). The molecule has 0 bridgehead atoms. The maximum absolute atomic E-state index is 11.5. The Morgan fingerprint density at radius 3 is 2.93 bits per heavy atom. The third-order valence-corrected chi connectivity index (χ3v) is 2.90. The average molecular weight is 204 g/mol. The molecule has 0 fully saturated rings. The Morgan fingerprint density at radius 2 is 2.20 bits per heavy atom. The van der Waals surface area contributed by atoms with Crippen molar-refractivity contribution in [3.8, 4) is 0 Å². The highest BCUT2D eigenvalue weighted by Crippen LogP contribution is 2.31. The van der Waals surface area contributed by atoms with Crippen molar-refractivity contribution in [1.82, 2.24) is 0 Å². The van der Waals surface area contributed by atoms with Gasteiger partial charge in [-0.3, -0.25) is 4.79 Å². The number of fused-ring (bicyclic) bond motifs is 1. The van der Waals surface area contributed by atoms with Gasteiger partial charge in [0.1, 0.15) is 0 Å². The number of benzene rings is 1. The molecular weight excluding hydrogens is 188 g/mol. The second-order valence-corrected chi connectivity index (χ2v) is 3.98. The average Bonchev–Trinajstić information content (AvgIpc) is 2.39. The molecule has 1 aliphatic rings. The topological polar surface area (TPSA) is 46.3 Å². The zero-order valence-electron chi connectivity index (χ0n) is 8.94. The van der Waals surface area contributed by atoms with E-state index in [9.17, 15) is 4.79 Å². The summed E-state index contributed by atoms with van der Waals surface area (Å²) in [4.78, 5) is 13.3. The highest BCUT2D eigenvalue weighted by atomic mass is 16.2. The van der Waals surface area contributed by atoms with Crippen LogP contribution in [0, 0.1) is 0 Å². The van der Waals surface area contributed by atoms with Crippen molar-refractivity contribution in [3.63, 3.8) is 0 Å². The van der Waals surface area contributed by atoms with E-state index in [0.29, 0.717) is 0 Å². The molecule has 0 aromatic heterocycles. The summed E-state index contributed by atoms with van der Waals surface area (Å²) in [6, 6.07) is 7.98. The van der Waals surface area contributed by atoms with Crippen molar-refractivity contribution in [2.45, 2.75) is 25.8 Å². The molecule has 0 radical (unpaired) electrons. The second kappa shape index (κ2) is 4.03. The second-order valence-electron chi connectivity index (χ2n) is 3.98. The molecule has 0 saturated carbocycles. The quantitative estimate of drug-likeness (QED) is 0.700. The predicted octanol–water partition coefficient (Wildman–Crippen LogP) is 1.83. The van der Waals surface area contributed by atoms with Crippen LogP contribution in [0.4, 0.5) is 5.69 Å². The van der Waals surface area contributed by atoms with Crippen LogP contribution in [0.15, 0.2) is 24.3 Å². The summed E-state index contributed by atoms with van der Waals surface area (Å²) < 4.78 is 0. The standard InChI is InChI=1S/C12H16N2O/c1-9(15)14-8-4-6-11(13)10-5-2-3-7-12(10)14/h2-3,5,7,11H,4,6,8,13H2,1H3. The molecule has 2 N–H and O–H groups in total. The summed E-state index contributed by atoms with van der Waals surface area (Å²) in [6.45, 7) is 2.38. The lowest BCUT2D eigenvalue weighted by atomic mass is 10.0. The summed E-state index contributed by atoms with van der Waals surface area (Å²) in [6.07, 6.45) is 1.91. The van der Waals surface area contributed by atoms with E-state index in [4.69, 9.17) is 5.73 Å². The van der Waals surface area contributed by atoms with E-state index in [2.05, 4.69) is 0 Å². The first-order chi connectivity index (χ1) is 7.20. The van der Waals surface area contributed by atoms with Crippen LogP contribution in [0.1, 0.15) is 31.4 Å². The van der Waals surface area contributed by atoms with Crippen LogP contribution < -0.4 is 10.6 Å². The molecule has 1 atom stereocenters. The summed E-state index contributed by atoms with van der Waals surface area (Å²) in [5, 5.41) is 0. The molecule has 0 spiro atoms. The van der Waals surface area contributed by atoms with Gasteiger partial charge >= 0.3 is 0 Å². The zero-order valence-corrected chi connectivity index (χ0v) is 8.94. The van der Waals surface area contributed by atoms with E-state index in [1.807, 2.05) is 29.2 Å². The first-order valence-corrected chi connectivity index (χ1v) is 5.33. The molecule has 1 aromatic rings. The smallest absolute Gasteiger partial charge is 0.223 e. The number of anilines is 1. The lowest BCUT2D eigenvalue weighted by Crippen LogP contribution is -2.29. The Kier molecular flexibility index (Phi) is 2.73. The van der Waals surface area contributed by atoms with Gasteiger partial charge in [0.15, 0.2) is 0 Å². The number of para-hydroxylation sites is 1. The summed E-state index contributed by atoms with van der Waals surface area (Å²) >= 11 is 0. The van der Waals surface area contributed by atoms with Crippen LogP contribution >= 0.6 is 0 Å². The lowest BCUT2D eigenvalue weighted by Gasteiger charge is -2.21. The Labute approximate surface area is 89.9 Å². The molecule has 3 nitrogen and oxygen atoms in total. The first kappa shape index (κ1) is 10.2. The molecule has 1 amide bonds. The van der Waals surface area contributed by atoms with Crippen molar-refractivity contribution < 1.29 is 4.79 Å². The van der Waals surface area contributed by atoms with Gasteiger partial charge in [-0.1, -0.05) is 18.2 Å². The molecule has 15 heavy (non-hydrogen) atoms. The molecule has 1 heterocycles. The monoisotopic (exact) mass is 204 g/mol. The first-order valence-electron chi connectivity index (χ1n) is 5.33. The zero-order chi connectivity index (χ0) is 10.8. The third-order valence-electron chi connectivity index (χ3n) is 2.90. The van der Waals surface area contributed by atoms with Gasteiger partial charge in [-0.15, -0.1) is 0 Å². The van der Waals surface area contributed by atoms with Crippen LogP contribution in [0.25, 0.3) is 0 Å². The fraction of sp³-hybridized carbons (Fsp3) is 0.417. The molecule has 1 aliphatic heterocycles.